The number of aliphatic hydroxyl groups is 3. The van der Waals surface area contributed by atoms with Gasteiger partial charge in [-0.25, -0.2) is 13.6 Å². The lowest BCUT2D eigenvalue weighted by molar-refractivity contribution is -0.150. The van der Waals surface area contributed by atoms with Crippen LogP contribution in [0.1, 0.15) is 35.2 Å². The number of amides is 1. The molecular weight excluding hydrogens is 636 g/mol. The fourth-order valence-corrected chi connectivity index (χ4v) is 6.36. The Bertz CT molecular complexity index is 1480. The molecule has 4 rings (SSSR count). The molecule has 1 aromatic rings. The molecule has 0 saturated heterocycles. The van der Waals surface area contributed by atoms with Gasteiger partial charge in [-0.15, -0.1) is 12.4 Å². The number of nitrogens with zero attached hydrogens (tertiary/aromatic N) is 2. The molecule has 256 valence electrons. The number of fused-ring (bicyclic) bond motifs is 3. The largest absolute Gasteiger partial charge is 0.510 e. The smallest absolute Gasteiger partial charge is 0.329 e. The zero-order valence-corrected chi connectivity index (χ0v) is 26.5. The Morgan fingerprint density at radius 2 is 1.72 bits per heavy atom. The number of hydrogen-bond donors (Lipinski definition) is 8. The minimum absolute atomic E-state index is 0. The monoisotopic (exact) mass is 675 g/mol. The summed E-state index contributed by atoms with van der Waals surface area (Å²) in [5.74, 6) is -8.22. The molecule has 1 unspecified atom stereocenters. The van der Waals surface area contributed by atoms with E-state index in [1.54, 1.807) is 39.2 Å². The van der Waals surface area contributed by atoms with E-state index in [1.807, 2.05) is 0 Å². The molecular formula is C29H40ClF2N5O9. The topological polar surface area (TPSA) is 254 Å². The number of aliphatic carboxylic acids is 1. The summed E-state index contributed by atoms with van der Waals surface area (Å²) in [6.07, 6.45) is -2.88. The molecule has 1 amide bonds. The number of anilines is 1. The van der Waals surface area contributed by atoms with Crippen molar-refractivity contribution in [2.45, 2.75) is 49.3 Å². The van der Waals surface area contributed by atoms with Crippen LogP contribution in [-0.2, 0) is 20.8 Å². The highest BCUT2D eigenvalue weighted by Crippen LogP contribution is 2.53. The van der Waals surface area contributed by atoms with E-state index in [2.05, 4.69) is 0 Å². The summed E-state index contributed by atoms with van der Waals surface area (Å²) in [7, 11) is 6.79. The van der Waals surface area contributed by atoms with E-state index < -0.39 is 76.0 Å². The van der Waals surface area contributed by atoms with Crippen LogP contribution in [0.25, 0.3) is 0 Å². The fourth-order valence-electron chi connectivity index (χ4n) is 6.36. The van der Waals surface area contributed by atoms with E-state index in [4.69, 9.17) is 22.3 Å². The molecule has 46 heavy (non-hydrogen) atoms. The van der Waals surface area contributed by atoms with Crippen molar-refractivity contribution in [3.63, 3.8) is 0 Å². The van der Waals surface area contributed by atoms with Crippen LogP contribution in [0.4, 0.5) is 14.5 Å². The molecule has 14 nitrogen and oxygen atoms in total. The first-order valence-electron chi connectivity index (χ1n) is 14.0. The Balaban J connectivity index is 0.000000485. The summed E-state index contributed by atoms with van der Waals surface area (Å²) < 4.78 is 24.2. The predicted molar refractivity (Wildman–Crippen MR) is 164 cm³/mol. The van der Waals surface area contributed by atoms with Crippen molar-refractivity contribution in [1.82, 2.24) is 4.90 Å². The number of ketones is 2. The Morgan fingerprint density at radius 1 is 1.13 bits per heavy atom. The highest BCUT2D eigenvalue weighted by Gasteiger charge is 2.63. The fraction of sp³-hybridized carbons (Fsp3) is 0.517. The van der Waals surface area contributed by atoms with Gasteiger partial charge in [-0.3, -0.25) is 19.3 Å². The maximum atomic E-state index is 13.5. The standard InChI is InChI=1S/C23H27N3O7.C6H12F2N2O2.ClH/c1-25(2)12-5-6-13(27)15-10(12)7-9-8-11-17(26(3)4)19(29)16(22(24)32)21(31)23(11,33)20(30)14(9)18(15)28;7-4(8)6(10,5(11)12)2-1-3-9;/h5-6,9,11,17,27,29-30,33H,7-8H2,1-4H3,(H2,24,32);4H,1-3,9-10H2,(H,11,12);1H/t9-,11-,17-,23-;;/m0../s1. The van der Waals surface area contributed by atoms with Crippen molar-refractivity contribution in [2.75, 3.05) is 39.6 Å². The predicted octanol–water partition coefficient (Wildman–Crippen LogP) is 0.381. The lowest BCUT2D eigenvalue weighted by Gasteiger charge is -2.50. The number of phenolic OH excluding ortho intramolecular Hbond substituents is 1. The molecule has 17 heteroatoms. The maximum Gasteiger partial charge on any atom is 0.329 e. The van der Waals surface area contributed by atoms with E-state index in [9.17, 15) is 48.4 Å². The first-order chi connectivity index (χ1) is 20.8. The van der Waals surface area contributed by atoms with Crippen LogP contribution >= 0.6 is 12.4 Å². The normalized spacial score (nSPS) is 25.1. The third-order valence-corrected chi connectivity index (χ3v) is 8.65. The maximum absolute atomic E-state index is 13.5. The Labute approximate surface area is 269 Å². The Hall–Kier alpha value is -3.83. The average molecular weight is 676 g/mol. The van der Waals surface area contributed by atoms with Crippen LogP contribution in [0, 0.1) is 11.8 Å². The number of nitrogens with two attached hydrogens (primary N) is 3. The van der Waals surface area contributed by atoms with Crippen molar-refractivity contribution in [2.24, 2.45) is 29.0 Å². The third-order valence-electron chi connectivity index (χ3n) is 8.65. The van der Waals surface area contributed by atoms with Crippen molar-refractivity contribution in [3.05, 3.63) is 45.9 Å². The Morgan fingerprint density at radius 3 is 2.17 bits per heavy atom. The zero-order valence-electron chi connectivity index (χ0n) is 25.7. The van der Waals surface area contributed by atoms with Gasteiger partial charge in [0.25, 0.3) is 12.3 Å². The first-order valence-corrected chi connectivity index (χ1v) is 14.0. The second-order valence-electron chi connectivity index (χ2n) is 11.9. The molecule has 1 aromatic carbocycles. The van der Waals surface area contributed by atoms with Gasteiger partial charge in [-0.05, 0) is 69.9 Å². The van der Waals surface area contributed by atoms with Gasteiger partial charge in [-0.1, -0.05) is 0 Å². The number of phenols is 1. The van der Waals surface area contributed by atoms with Crippen molar-refractivity contribution in [1.29, 1.82) is 0 Å². The van der Waals surface area contributed by atoms with Crippen LogP contribution in [0.15, 0.2) is 34.8 Å². The quantitative estimate of drug-likeness (QED) is 0.174. The summed E-state index contributed by atoms with van der Waals surface area (Å²) in [5.41, 5.74) is 10.6. The number of likely N-dealkylation sites (N-methyl/N-ethyl adjacent to an activating group) is 1. The zero-order chi connectivity index (χ0) is 34.3. The number of alkyl halides is 2. The Kier molecular flexibility index (Phi) is 11.6. The second-order valence-corrected chi connectivity index (χ2v) is 11.9. The van der Waals surface area contributed by atoms with Gasteiger partial charge >= 0.3 is 5.97 Å². The molecule has 0 aromatic heterocycles. The highest BCUT2D eigenvalue weighted by molar-refractivity contribution is 6.24. The van der Waals surface area contributed by atoms with Gasteiger partial charge in [0.1, 0.15) is 22.8 Å². The number of rotatable bonds is 8. The van der Waals surface area contributed by atoms with Gasteiger partial charge in [0.05, 0.1) is 11.6 Å². The number of hydrogen-bond acceptors (Lipinski definition) is 12. The van der Waals surface area contributed by atoms with E-state index in [1.165, 1.54) is 11.0 Å². The molecule has 0 saturated carbocycles. The van der Waals surface area contributed by atoms with Crippen LogP contribution in [0.2, 0.25) is 0 Å². The highest BCUT2D eigenvalue weighted by atomic mass is 35.5. The number of aliphatic hydroxyl groups excluding tert-OH is 2. The molecule has 0 aliphatic heterocycles. The third kappa shape index (κ3) is 6.14. The molecule has 11 N–H and O–H groups in total. The number of benzene rings is 1. The number of Topliss-reactive ketones (excluding diaryl/α,β-unsaturated/α-hetero) is 2. The van der Waals surface area contributed by atoms with E-state index in [-0.39, 0.29) is 61.5 Å². The lowest BCUT2D eigenvalue weighted by Crippen LogP contribution is -2.63. The van der Waals surface area contributed by atoms with Gasteiger partial charge in [0, 0.05) is 31.3 Å². The SMILES string of the molecule is CN(C)c1ccc(O)c2c1C[C@H]1C[C@H]3[C@H](N(C)C)C(O)=C(C(N)=O)C(=O)[C@@]3(O)C(O)=C1C2=O.Cl.NCCCC(N)(C(=O)O)C(F)F. The molecule has 0 spiro atoms. The number of allylic oxidation sites excluding steroid dienone is 1. The lowest BCUT2D eigenvalue weighted by atomic mass is 9.58. The summed E-state index contributed by atoms with van der Waals surface area (Å²) in [6.45, 7) is 0.152. The number of aromatic hydroxyl groups is 1. The van der Waals surface area contributed by atoms with Gasteiger partial charge < -0.3 is 47.6 Å². The van der Waals surface area contributed by atoms with E-state index in [0.717, 1.165) is 5.69 Å². The molecule has 3 aliphatic rings. The number of carbonyl (C=O) groups excluding carboxylic acids is 3. The number of carboxylic acid groups (broad SMARTS) is 1. The van der Waals surface area contributed by atoms with Crippen molar-refractivity contribution in [3.8, 4) is 5.75 Å². The number of carboxylic acids is 1. The molecule has 0 heterocycles. The van der Waals surface area contributed by atoms with Gasteiger partial charge in [0.15, 0.2) is 16.9 Å². The summed E-state index contributed by atoms with van der Waals surface area (Å²) >= 11 is 0. The van der Waals surface area contributed by atoms with Crippen molar-refractivity contribution < 1.29 is 53.5 Å². The van der Waals surface area contributed by atoms with Gasteiger partial charge in [-0.2, -0.15) is 0 Å². The number of primary amides is 1. The second kappa shape index (κ2) is 13.9. The molecule has 0 fully saturated rings. The van der Waals surface area contributed by atoms with Crippen LogP contribution < -0.4 is 22.1 Å². The minimum atomic E-state index is -3.07. The van der Waals surface area contributed by atoms with E-state index >= 15 is 0 Å². The number of carbonyl (C=O) groups is 4. The van der Waals surface area contributed by atoms with E-state index in [0.29, 0.717) is 5.56 Å². The molecule has 0 bridgehead atoms. The summed E-state index contributed by atoms with van der Waals surface area (Å²) in [5, 5.41) is 52.3. The molecule has 0 radical (unpaired) electrons. The molecule has 3 aliphatic carbocycles. The minimum Gasteiger partial charge on any atom is -0.510 e. The summed E-state index contributed by atoms with van der Waals surface area (Å²) in [4.78, 5) is 52.3. The first kappa shape index (κ1) is 38.4. The average Bonchev–Trinajstić information content (AvgIpc) is 2.93. The summed E-state index contributed by atoms with van der Waals surface area (Å²) in [6, 6.07) is 2.06. The van der Waals surface area contributed by atoms with Crippen molar-refractivity contribution >= 4 is 41.5 Å². The van der Waals surface area contributed by atoms with Crippen LogP contribution in [0.3, 0.4) is 0 Å². The molecule has 5 atom stereocenters. The van der Waals surface area contributed by atoms with Crippen LogP contribution in [0.5, 0.6) is 5.75 Å². The van der Waals surface area contributed by atoms with Crippen LogP contribution in [-0.4, -0.2) is 112 Å². The van der Waals surface area contributed by atoms with Gasteiger partial charge in [0.2, 0.25) is 5.78 Å². The number of halogens is 3.